The molecule has 1 aromatic heterocycles. The van der Waals surface area contributed by atoms with Crippen molar-refractivity contribution >= 4 is 44.5 Å². The highest BCUT2D eigenvalue weighted by atomic mass is 32.2. The van der Waals surface area contributed by atoms with Gasteiger partial charge in [-0.15, -0.1) is 11.3 Å². The van der Waals surface area contributed by atoms with Crippen LogP contribution < -0.4 is 4.90 Å². The number of thiophene rings is 1. The number of amides is 1. The number of fused-ring (bicyclic) bond motifs is 1. The fraction of sp³-hybridized carbons (Fsp3) is 0.273. The molecule has 1 amide bonds. The fourth-order valence-corrected chi connectivity index (χ4v) is 6.59. The van der Waals surface area contributed by atoms with Crippen LogP contribution in [0.5, 0.6) is 0 Å². The second-order valence-corrected chi connectivity index (χ2v) is 10.6. The van der Waals surface area contributed by atoms with Gasteiger partial charge in [0.15, 0.2) is 6.73 Å². The summed E-state index contributed by atoms with van der Waals surface area (Å²) in [5.41, 5.74) is 0.502. The highest BCUT2D eigenvalue weighted by Crippen LogP contribution is 2.38. The van der Waals surface area contributed by atoms with Crippen LogP contribution in [0.1, 0.15) is 18.4 Å². The van der Waals surface area contributed by atoms with E-state index in [9.17, 15) is 28.5 Å². The number of ether oxygens (including phenoxy) is 1. The minimum atomic E-state index is -3.67. The van der Waals surface area contributed by atoms with Crippen molar-refractivity contribution in [2.45, 2.75) is 17.1 Å². The van der Waals surface area contributed by atoms with E-state index in [1.54, 1.807) is 47.9 Å². The Labute approximate surface area is 194 Å². The van der Waals surface area contributed by atoms with E-state index in [1.165, 1.54) is 15.3 Å². The van der Waals surface area contributed by atoms with Crippen molar-refractivity contribution in [2.75, 3.05) is 24.7 Å². The molecule has 33 heavy (non-hydrogen) atoms. The molecular formula is C22H18N4O5S2. The first-order chi connectivity index (χ1) is 15.9. The van der Waals surface area contributed by atoms with Gasteiger partial charge in [-0.3, -0.25) is 14.5 Å². The van der Waals surface area contributed by atoms with Gasteiger partial charge in [0.25, 0.3) is 15.9 Å². The van der Waals surface area contributed by atoms with Crippen molar-refractivity contribution in [1.29, 1.82) is 10.5 Å². The number of para-hydroxylation sites is 1. The highest BCUT2D eigenvalue weighted by molar-refractivity contribution is 7.91. The van der Waals surface area contributed by atoms with E-state index in [2.05, 4.69) is 0 Å². The molecule has 1 aromatic carbocycles. The van der Waals surface area contributed by atoms with Gasteiger partial charge in [0, 0.05) is 18.7 Å². The standard InChI is InChI=1S/C22H18N4O5S2/c23-11-16(12-24)20-17-6-1-2-7-18(17)26(21(20)27)14-31-22(28)15-5-3-9-25(13-15)33(29,30)19-8-4-10-32-19/h1-2,4,6-8,10,15H,3,5,9,13-14H2. The molecule has 2 aliphatic heterocycles. The summed E-state index contributed by atoms with van der Waals surface area (Å²) in [6.07, 6.45) is 0.981. The molecule has 2 aromatic rings. The average Bonchev–Trinajstić information content (AvgIpc) is 3.47. The van der Waals surface area contributed by atoms with Gasteiger partial charge in [0.1, 0.15) is 21.9 Å². The number of hydrogen-bond donors (Lipinski definition) is 0. The third-order valence-electron chi connectivity index (χ3n) is 5.54. The number of anilines is 1. The van der Waals surface area contributed by atoms with E-state index in [4.69, 9.17) is 4.74 Å². The minimum absolute atomic E-state index is 0.00175. The predicted octanol–water partition coefficient (Wildman–Crippen LogP) is 2.50. The van der Waals surface area contributed by atoms with E-state index < -0.39 is 34.5 Å². The van der Waals surface area contributed by atoms with E-state index in [-0.39, 0.29) is 21.9 Å². The van der Waals surface area contributed by atoms with Crippen molar-refractivity contribution in [3.8, 4) is 12.1 Å². The van der Waals surface area contributed by atoms with Crippen LogP contribution >= 0.6 is 11.3 Å². The first-order valence-corrected chi connectivity index (χ1v) is 12.4. The zero-order valence-corrected chi connectivity index (χ0v) is 18.9. The zero-order valence-electron chi connectivity index (χ0n) is 17.3. The quantitative estimate of drug-likeness (QED) is 0.363. The zero-order chi connectivity index (χ0) is 23.6. The number of carbonyl (C=O) groups is 2. The first-order valence-electron chi connectivity index (χ1n) is 10.0. The smallest absolute Gasteiger partial charge is 0.312 e. The van der Waals surface area contributed by atoms with Gasteiger partial charge in [-0.2, -0.15) is 14.8 Å². The third kappa shape index (κ3) is 4.14. The maximum atomic E-state index is 12.9. The Morgan fingerprint density at radius 3 is 2.64 bits per heavy atom. The molecule has 2 aliphatic rings. The van der Waals surface area contributed by atoms with Crippen LogP contribution in [0.15, 0.2) is 51.6 Å². The Kier molecular flexibility index (Phi) is 6.29. The van der Waals surface area contributed by atoms with Crippen molar-refractivity contribution in [2.24, 2.45) is 5.92 Å². The Morgan fingerprint density at radius 1 is 1.18 bits per heavy atom. The van der Waals surface area contributed by atoms with E-state index in [1.807, 2.05) is 0 Å². The number of nitrogens with zero attached hydrogens (tertiary/aromatic N) is 4. The molecule has 0 spiro atoms. The molecular weight excluding hydrogens is 464 g/mol. The molecule has 0 bridgehead atoms. The van der Waals surface area contributed by atoms with E-state index in [0.29, 0.717) is 30.6 Å². The molecule has 4 rings (SSSR count). The van der Waals surface area contributed by atoms with Crippen molar-refractivity contribution in [1.82, 2.24) is 4.31 Å². The molecule has 1 fully saturated rings. The first kappa shape index (κ1) is 22.7. The van der Waals surface area contributed by atoms with Crippen LogP contribution in [0.3, 0.4) is 0 Å². The Balaban J connectivity index is 1.48. The lowest BCUT2D eigenvalue weighted by atomic mass is 10.0. The molecule has 0 radical (unpaired) electrons. The largest absolute Gasteiger partial charge is 0.444 e. The average molecular weight is 483 g/mol. The van der Waals surface area contributed by atoms with Gasteiger partial charge >= 0.3 is 5.97 Å². The molecule has 3 heterocycles. The number of rotatable bonds is 5. The van der Waals surface area contributed by atoms with Gasteiger partial charge in [-0.1, -0.05) is 24.3 Å². The molecule has 9 nitrogen and oxygen atoms in total. The summed E-state index contributed by atoms with van der Waals surface area (Å²) in [5.74, 6) is -1.87. The number of sulfonamides is 1. The van der Waals surface area contributed by atoms with Crippen molar-refractivity contribution < 1.29 is 22.7 Å². The normalized spacial score (nSPS) is 18.4. The molecule has 1 saturated heterocycles. The summed E-state index contributed by atoms with van der Waals surface area (Å²) in [4.78, 5) is 26.9. The fourth-order valence-electron chi connectivity index (χ4n) is 3.92. The van der Waals surface area contributed by atoms with Crippen LogP contribution in [-0.2, 0) is 24.3 Å². The van der Waals surface area contributed by atoms with Gasteiger partial charge in [-0.05, 0) is 30.4 Å². The maximum absolute atomic E-state index is 12.9. The summed E-state index contributed by atoms with van der Waals surface area (Å²) >= 11 is 1.12. The Morgan fingerprint density at radius 2 is 1.94 bits per heavy atom. The summed E-state index contributed by atoms with van der Waals surface area (Å²) in [6, 6.07) is 13.3. The number of nitriles is 2. The summed E-state index contributed by atoms with van der Waals surface area (Å²) in [6.45, 7) is -0.0838. The number of benzene rings is 1. The van der Waals surface area contributed by atoms with Gasteiger partial charge < -0.3 is 4.74 Å². The second kappa shape index (κ2) is 9.16. The number of esters is 1. The summed E-state index contributed by atoms with van der Waals surface area (Å²) in [5, 5.41) is 20.1. The number of carbonyl (C=O) groups excluding carboxylic acids is 2. The number of allylic oxidation sites excluding steroid dienone is 1. The van der Waals surface area contributed by atoms with E-state index >= 15 is 0 Å². The van der Waals surface area contributed by atoms with E-state index in [0.717, 1.165) is 11.3 Å². The topological polar surface area (TPSA) is 132 Å². The predicted molar refractivity (Wildman–Crippen MR) is 119 cm³/mol. The molecule has 168 valence electrons. The van der Waals surface area contributed by atoms with Crippen molar-refractivity contribution in [3.63, 3.8) is 0 Å². The van der Waals surface area contributed by atoms with Crippen LogP contribution in [0, 0.1) is 28.6 Å². The SMILES string of the molecule is N#CC(C#N)=C1C(=O)N(COC(=O)C2CCCN(S(=O)(=O)c3cccs3)C2)c2ccccc21. The molecule has 11 heteroatoms. The molecule has 0 N–H and O–H groups in total. The minimum Gasteiger partial charge on any atom is -0.444 e. The molecule has 0 saturated carbocycles. The second-order valence-electron chi connectivity index (χ2n) is 7.45. The van der Waals surface area contributed by atoms with Crippen molar-refractivity contribution in [3.05, 3.63) is 52.9 Å². The number of piperidine rings is 1. The van der Waals surface area contributed by atoms with Crippen LogP contribution in [-0.4, -0.2) is 44.4 Å². The summed E-state index contributed by atoms with van der Waals surface area (Å²) in [7, 11) is -3.67. The lowest BCUT2D eigenvalue weighted by molar-refractivity contribution is -0.149. The maximum Gasteiger partial charge on any atom is 0.312 e. The lowest BCUT2D eigenvalue weighted by Crippen LogP contribution is -2.43. The van der Waals surface area contributed by atoms with Crippen LogP contribution in [0.2, 0.25) is 0 Å². The number of hydrogen-bond acceptors (Lipinski definition) is 8. The molecule has 0 aliphatic carbocycles. The Hall–Kier alpha value is -3.51. The van der Waals surface area contributed by atoms with Crippen LogP contribution in [0.4, 0.5) is 5.69 Å². The Bertz CT molecular complexity index is 1300. The monoisotopic (exact) mass is 482 g/mol. The van der Waals surface area contributed by atoms with Gasteiger partial charge in [0.2, 0.25) is 0 Å². The van der Waals surface area contributed by atoms with Gasteiger partial charge in [0.05, 0.1) is 17.2 Å². The molecule has 1 atom stereocenters. The molecule has 1 unspecified atom stereocenters. The highest BCUT2D eigenvalue weighted by Gasteiger charge is 2.38. The third-order valence-corrected chi connectivity index (χ3v) is 8.78. The summed E-state index contributed by atoms with van der Waals surface area (Å²) < 4.78 is 32.5. The van der Waals surface area contributed by atoms with Gasteiger partial charge in [-0.25, -0.2) is 8.42 Å². The lowest BCUT2D eigenvalue weighted by Gasteiger charge is -2.30. The van der Waals surface area contributed by atoms with Crippen LogP contribution in [0.25, 0.3) is 5.57 Å².